The molecule has 0 aliphatic carbocycles. The van der Waals surface area contributed by atoms with Gasteiger partial charge in [0.05, 0.1) is 12.4 Å². The van der Waals surface area contributed by atoms with Gasteiger partial charge in [0.25, 0.3) is 5.91 Å². The van der Waals surface area contributed by atoms with Crippen LogP contribution in [0.4, 0.5) is 5.82 Å². The topological polar surface area (TPSA) is 49.3 Å². The van der Waals surface area contributed by atoms with Crippen molar-refractivity contribution in [3.8, 4) is 0 Å². The molecular weight excluding hydrogens is 252 g/mol. The molecule has 1 fully saturated rings. The molecule has 1 aromatic rings. The summed E-state index contributed by atoms with van der Waals surface area (Å²) in [6.45, 7) is 7.95. The van der Waals surface area contributed by atoms with Crippen molar-refractivity contribution in [3.63, 3.8) is 0 Å². The van der Waals surface area contributed by atoms with Gasteiger partial charge in [-0.2, -0.15) is 0 Å². The highest BCUT2D eigenvalue weighted by molar-refractivity contribution is 5.92. The zero-order valence-corrected chi connectivity index (χ0v) is 12.5. The summed E-state index contributed by atoms with van der Waals surface area (Å²) in [7, 11) is 0. The van der Waals surface area contributed by atoms with Crippen LogP contribution in [0.3, 0.4) is 0 Å². The fourth-order valence-corrected chi connectivity index (χ4v) is 2.56. The Morgan fingerprint density at radius 1 is 1.15 bits per heavy atom. The van der Waals surface area contributed by atoms with Crippen molar-refractivity contribution in [2.45, 2.75) is 39.5 Å². The number of amides is 1. The quantitative estimate of drug-likeness (QED) is 0.800. The molecular formula is C15H24N4O. The second kappa shape index (κ2) is 7.22. The zero-order valence-electron chi connectivity index (χ0n) is 12.5. The summed E-state index contributed by atoms with van der Waals surface area (Å²) in [5.41, 5.74) is 0.462. The highest BCUT2D eigenvalue weighted by atomic mass is 16.2. The normalized spacial score (nSPS) is 14.6. The molecule has 20 heavy (non-hydrogen) atoms. The number of carbonyl (C=O) groups is 1. The average molecular weight is 276 g/mol. The first-order valence-corrected chi connectivity index (χ1v) is 7.62. The number of aromatic nitrogens is 2. The van der Waals surface area contributed by atoms with Gasteiger partial charge in [-0.15, -0.1) is 0 Å². The van der Waals surface area contributed by atoms with Crippen LogP contribution >= 0.6 is 0 Å². The van der Waals surface area contributed by atoms with Crippen molar-refractivity contribution in [3.05, 3.63) is 18.1 Å². The molecule has 0 atom stereocenters. The number of rotatable bonds is 6. The number of carbonyl (C=O) groups excluding carboxylic acids is 1. The molecule has 110 valence electrons. The van der Waals surface area contributed by atoms with Crippen LogP contribution in [0.1, 0.15) is 50.0 Å². The Morgan fingerprint density at radius 2 is 1.80 bits per heavy atom. The van der Waals surface area contributed by atoms with Crippen LogP contribution in [0.2, 0.25) is 0 Å². The lowest BCUT2D eigenvalue weighted by Crippen LogP contribution is -2.29. The predicted octanol–water partition coefficient (Wildman–Crippen LogP) is 2.34. The summed E-state index contributed by atoms with van der Waals surface area (Å²) in [5, 5.41) is 0. The summed E-state index contributed by atoms with van der Waals surface area (Å²) in [6, 6.07) is 0. The van der Waals surface area contributed by atoms with Crippen molar-refractivity contribution < 1.29 is 4.79 Å². The molecule has 1 aliphatic rings. The van der Waals surface area contributed by atoms with Gasteiger partial charge in [0.15, 0.2) is 0 Å². The summed E-state index contributed by atoms with van der Waals surface area (Å²) in [5.74, 6) is 0.880. The van der Waals surface area contributed by atoms with E-state index in [-0.39, 0.29) is 5.91 Å². The Balaban J connectivity index is 2.06. The maximum absolute atomic E-state index is 12.2. The second-order valence-corrected chi connectivity index (χ2v) is 5.25. The van der Waals surface area contributed by atoms with Crippen molar-refractivity contribution in [1.29, 1.82) is 0 Å². The number of hydrogen-bond donors (Lipinski definition) is 0. The molecule has 1 aromatic heterocycles. The number of likely N-dealkylation sites (tertiary alicyclic amines) is 1. The Morgan fingerprint density at radius 3 is 2.30 bits per heavy atom. The minimum absolute atomic E-state index is 0.0130. The minimum atomic E-state index is 0.0130. The van der Waals surface area contributed by atoms with Crippen molar-refractivity contribution in [1.82, 2.24) is 14.9 Å². The van der Waals surface area contributed by atoms with Crippen molar-refractivity contribution >= 4 is 11.7 Å². The maximum atomic E-state index is 12.2. The molecule has 0 unspecified atom stereocenters. The number of hydrogen-bond acceptors (Lipinski definition) is 4. The van der Waals surface area contributed by atoms with Gasteiger partial charge >= 0.3 is 0 Å². The smallest absolute Gasteiger partial charge is 0.274 e. The van der Waals surface area contributed by atoms with Crippen LogP contribution in [-0.4, -0.2) is 47.0 Å². The second-order valence-electron chi connectivity index (χ2n) is 5.25. The van der Waals surface area contributed by atoms with Gasteiger partial charge in [0.2, 0.25) is 0 Å². The molecule has 5 nitrogen and oxygen atoms in total. The molecule has 1 aliphatic heterocycles. The van der Waals surface area contributed by atoms with E-state index in [0.717, 1.165) is 57.7 Å². The van der Waals surface area contributed by atoms with E-state index in [0.29, 0.717) is 5.69 Å². The van der Waals surface area contributed by atoms with Gasteiger partial charge < -0.3 is 9.80 Å². The molecule has 0 saturated carbocycles. The maximum Gasteiger partial charge on any atom is 0.274 e. The van der Waals surface area contributed by atoms with E-state index < -0.39 is 0 Å². The van der Waals surface area contributed by atoms with Gasteiger partial charge in [-0.25, -0.2) is 9.97 Å². The van der Waals surface area contributed by atoms with Crippen LogP contribution in [0.25, 0.3) is 0 Å². The van der Waals surface area contributed by atoms with Crippen LogP contribution in [0.5, 0.6) is 0 Å². The number of anilines is 1. The lowest BCUT2D eigenvalue weighted by atomic mass is 10.3. The number of nitrogens with zero attached hydrogens (tertiary/aromatic N) is 4. The SMILES string of the molecule is CCCN(CCC)c1cnc(C(=O)N2CCCC2)cn1. The Kier molecular flexibility index (Phi) is 5.32. The first kappa shape index (κ1) is 14.8. The molecule has 0 spiro atoms. The van der Waals surface area contributed by atoms with E-state index in [4.69, 9.17) is 0 Å². The van der Waals surface area contributed by atoms with E-state index in [9.17, 15) is 4.79 Å². The van der Waals surface area contributed by atoms with E-state index in [1.165, 1.54) is 0 Å². The fourth-order valence-electron chi connectivity index (χ4n) is 2.56. The molecule has 1 saturated heterocycles. The molecule has 0 aromatic carbocycles. The highest BCUT2D eigenvalue weighted by Crippen LogP contribution is 2.14. The first-order valence-electron chi connectivity index (χ1n) is 7.62. The molecule has 2 heterocycles. The molecule has 1 amide bonds. The van der Waals surface area contributed by atoms with Crippen LogP contribution < -0.4 is 4.90 Å². The molecule has 5 heteroatoms. The van der Waals surface area contributed by atoms with E-state index in [2.05, 4.69) is 28.7 Å². The van der Waals surface area contributed by atoms with Gasteiger partial charge in [0, 0.05) is 26.2 Å². The first-order chi connectivity index (χ1) is 9.76. The minimum Gasteiger partial charge on any atom is -0.355 e. The summed E-state index contributed by atoms with van der Waals surface area (Å²) < 4.78 is 0. The van der Waals surface area contributed by atoms with Crippen LogP contribution in [0, 0.1) is 0 Å². The lowest BCUT2D eigenvalue weighted by molar-refractivity contribution is 0.0786. The van der Waals surface area contributed by atoms with Crippen LogP contribution in [0.15, 0.2) is 12.4 Å². The molecule has 0 bridgehead atoms. The summed E-state index contributed by atoms with van der Waals surface area (Å²) in [4.78, 5) is 25.0. The van der Waals surface area contributed by atoms with Crippen LogP contribution in [-0.2, 0) is 0 Å². The lowest BCUT2D eigenvalue weighted by Gasteiger charge is -2.22. The third-order valence-corrected chi connectivity index (χ3v) is 3.56. The third kappa shape index (κ3) is 3.46. The standard InChI is InChI=1S/C15H24N4O/c1-3-7-18(8-4-2)14-12-16-13(11-17-14)15(20)19-9-5-6-10-19/h11-12H,3-10H2,1-2H3. The Bertz CT molecular complexity index is 420. The molecule has 2 rings (SSSR count). The van der Waals surface area contributed by atoms with Gasteiger partial charge in [0.1, 0.15) is 11.5 Å². The largest absolute Gasteiger partial charge is 0.355 e. The third-order valence-electron chi connectivity index (χ3n) is 3.56. The van der Waals surface area contributed by atoms with Gasteiger partial charge in [-0.1, -0.05) is 13.8 Å². The Hall–Kier alpha value is -1.65. The van der Waals surface area contributed by atoms with E-state index in [1.54, 1.807) is 12.4 Å². The highest BCUT2D eigenvalue weighted by Gasteiger charge is 2.21. The van der Waals surface area contributed by atoms with Crippen molar-refractivity contribution in [2.24, 2.45) is 0 Å². The Labute approximate surface area is 121 Å². The van der Waals surface area contributed by atoms with E-state index in [1.807, 2.05) is 4.90 Å². The predicted molar refractivity (Wildman–Crippen MR) is 80.0 cm³/mol. The summed E-state index contributed by atoms with van der Waals surface area (Å²) in [6.07, 6.45) is 7.70. The average Bonchev–Trinajstić information content (AvgIpc) is 3.01. The summed E-state index contributed by atoms with van der Waals surface area (Å²) >= 11 is 0. The van der Waals surface area contributed by atoms with E-state index >= 15 is 0 Å². The van der Waals surface area contributed by atoms with Gasteiger partial charge in [-0.3, -0.25) is 4.79 Å². The molecule has 0 radical (unpaired) electrons. The molecule has 0 N–H and O–H groups in total. The van der Waals surface area contributed by atoms with Crippen molar-refractivity contribution in [2.75, 3.05) is 31.1 Å². The monoisotopic (exact) mass is 276 g/mol. The fraction of sp³-hybridized carbons (Fsp3) is 0.667. The zero-order chi connectivity index (χ0) is 14.4. The van der Waals surface area contributed by atoms with Gasteiger partial charge in [-0.05, 0) is 25.7 Å².